The van der Waals surface area contributed by atoms with Crippen LogP contribution in [0.5, 0.6) is 0 Å². The smallest absolute Gasteiger partial charge is 0.224 e. The van der Waals surface area contributed by atoms with Gasteiger partial charge in [0.2, 0.25) is 5.95 Å². The molecule has 0 atom stereocenters. The van der Waals surface area contributed by atoms with Gasteiger partial charge in [0, 0.05) is 40.1 Å². The zero-order valence-corrected chi connectivity index (χ0v) is 12.8. The molecule has 0 spiro atoms. The Morgan fingerprint density at radius 1 is 1.50 bits per heavy atom. The highest BCUT2D eigenvalue weighted by molar-refractivity contribution is 9.10. The predicted octanol–water partition coefficient (Wildman–Crippen LogP) is 2.53. The number of halogens is 1. The first-order chi connectivity index (χ1) is 8.69. The van der Waals surface area contributed by atoms with E-state index in [1.807, 2.05) is 7.05 Å². The van der Waals surface area contributed by atoms with Crippen molar-refractivity contribution in [1.82, 2.24) is 9.97 Å². The van der Waals surface area contributed by atoms with Gasteiger partial charge in [0.1, 0.15) is 5.82 Å². The number of aromatic nitrogens is 2. The zero-order chi connectivity index (χ0) is 13.4. The standard InChI is InChI=1S/C12H21BrN4O/c1-4-6-14-12-15-9-10(13)11(16-12)17(2)7-5-8-18-3/h9H,4-8H2,1-3H3,(H,14,15,16). The number of ether oxygens (including phenoxy) is 1. The van der Waals surface area contributed by atoms with Crippen LogP contribution >= 0.6 is 15.9 Å². The van der Waals surface area contributed by atoms with Crippen molar-refractivity contribution in [1.29, 1.82) is 0 Å². The van der Waals surface area contributed by atoms with Crippen molar-refractivity contribution in [3.63, 3.8) is 0 Å². The summed E-state index contributed by atoms with van der Waals surface area (Å²) in [5.41, 5.74) is 0. The first-order valence-corrected chi connectivity index (χ1v) is 6.94. The summed E-state index contributed by atoms with van der Waals surface area (Å²) in [5, 5.41) is 3.19. The molecule has 0 bridgehead atoms. The van der Waals surface area contributed by atoms with Crippen LogP contribution in [0.1, 0.15) is 19.8 Å². The number of methoxy groups -OCH3 is 1. The van der Waals surface area contributed by atoms with Gasteiger partial charge in [-0.15, -0.1) is 0 Å². The van der Waals surface area contributed by atoms with Crippen molar-refractivity contribution in [2.45, 2.75) is 19.8 Å². The maximum absolute atomic E-state index is 5.05. The highest BCUT2D eigenvalue weighted by Crippen LogP contribution is 2.23. The van der Waals surface area contributed by atoms with E-state index in [2.05, 4.69) is 43.0 Å². The van der Waals surface area contributed by atoms with Crippen molar-refractivity contribution in [2.75, 3.05) is 44.1 Å². The molecule has 6 heteroatoms. The minimum absolute atomic E-state index is 0.675. The van der Waals surface area contributed by atoms with E-state index < -0.39 is 0 Å². The highest BCUT2D eigenvalue weighted by Gasteiger charge is 2.09. The van der Waals surface area contributed by atoms with E-state index in [4.69, 9.17) is 4.74 Å². The number of rotatable bonds is 8. The average molecular weight is 317 g/mol. The number of nitrogens with zero attached hydrogens (tertiary/aromatic N) is 3. The lowest BCUT2D eigenvalue weighted by atomic mass is 10.4. The normalized spacial score (nSPS) is 10.4. The second-order valence-corrected chi connectivity index (χ2v) is 4.91. The Balaban J connectivity index is 2.66. The van der Waals surface area contributed by atoms with E-state index >= 15 is 0 Å². The Morgan fingerprint density at radius 2 is 2.28 bits per heavy atom. The third-order valence-electron chi connectivity index (χ3n) is 2.46. The fraction of sp³-hybridized carbons (Fsp3) is 0.667. The summed E-state index contributed by atoms with van der Waals surface area (Å²) in [6, 6.07) is 0. The Morgan fingerprint density at radius 3 is 2.94 bits per heavy atom. The van der Waals surface area contributed by atoms with E-state index in [1.165, 1.54) is 0 Å². The van der Waals surface area contributed by atoms with Crippen molar-refractivity contribution < 1.29 is 4.74 Å². The highest BCUT2D eigenvalue weighted by atomic mass is 79.9. The summed E-state index contributed by atoms with van der Waals surface area (Å²) in [4.78, 5) is 10.8. The van der Waals surface area contributed by atoms with Crippen molar-refractivity contribution in [2.24, 2.45) is 0 Å². The van der Waals surface area contributed by atoms with E-state index in [1.54, 1.807) is 13.3 Å². The monoisotopic (exact) mass is 316 g/mol. The lowest BCUT2D eigenvalue weighted by Gasteiger charge is -2.19. The van der Waals surface area contributed by atoms with Gasteiger partial charge in [-0.3, -0.25) is 0 Å². The number of nitrogens with one attached hydrogen (secondary N) is 1. The first-order valence-electron chi connectivity index (χ1n) is 6.15. The summed E-state index contributed by atoms with van der Waals surface area (Å²) in [7, 11) is 3.74. The van der Waals surface area contributed by atoms with Crippen LogP contribution in [0.15, 0.2) is 10.7 Å². The second kappa shape index (κ2) is 8.26. The third-order valence-corrected chi connectivity index (χ3v) is 3.02. The maximum atomic E-state index is 5.05. The van der Waals surface area contributed by atoms with Gasteiger partial charge in [-0.05, 0) is 28.8 Å². The maximum Gasteiger partial charge on any atom is 0.224 e. The molecule has 0 aliphatic rings. The van der Waals surface area contributed by atoms with Crippen LogP contribution < -0.4 is 10.2 Å². The van der Waals surface area contributed by atoms with Crippen molar-refractivity contribution >= 4 is 27.7 Å². The fourth-order valence-electron chi connectivity index (χ4n) is 1.50. The number of hydrogen-bond donors (Lipinski definition) is 1. The molecule has 0 radical (unpaired) electrons. The largest absolute Gasteiger partial charge is 0.385 e. The van der Waals surface area contributed by atoms with Gasteiger partial charge in [0.15, 0.2) is 0 Å². The van der Waals surface area contributed by atoms with Crippen LogP contribution in [0.3, 0.4) is 0 Å². The molecule has 5 nitrogen and oxygen atoms in total. The molecule has 0 amide bonds. The molecule has 1 aromatic rings. The Kier molecular flexibility index (Phi) is 6.97. The van der Waals surface area contributed by atoms with E-state index in [0.29, 0.717) is 5.95 Å². The van der Waals surface area contributed by atoms with E-state index in [-0.39, 0.29) is 0 Å². The molecular formula is C12H21BrN4O. The molecule has 0 aromatic carbocycles. The van der Waals surface area contributed by atoms with Crippen molar-refractivity contribution in [3.8, 4) is 0 Å². The molecule has 1 rings (SSSR count). The summed E-state index contributed by atoms with van der Waals surface area (Å²) < 4.78 is 5.96. The number of hydrogen-bond acceptors (Lipinski definition) is 5. The van der Waals surface area contributed by atoms with Crippen LogP contribution in [0.25, 0.3) is 0 Å². The van der Waals surface area contributed by atoms with E-state index in [0.717, 1.165) is 42.8 Å². The van der Waals surface area contributed by atoms with Gasteiger partial charge < -0.3 is 15.0 Å². The van der Waals surface area contributed by atoms with Gasteiger partial charge in [-0.2, -0.15) is 4.98 Å². The average Bonchev–Trinajstić information content (AvgIpc) is 2.38. The Labute approximate surface area is 117 Å². The SMILES string of the molecule is CCCNc1ncc(Br)c(N(C)CCCOC)n1. The molecule has 0 unspecified atom stereocenters. The molecule has 1 aromatic heterocycles. The zero-order valence-electron chi connectivity index (χ0n) is 11.2. The van der Waals surface area contributed by atoms with Crippen LogP contribution in [-0.4, -0.2) is 43.8 Å². The molecule has 0 fully saturated rings. The molecule has 0 aliphatic heterocycles. The molecule has 0 aliphatic carbocycles. The quantitative estimate of drug-likeness (QED) is 0.747. The van der Waals surface area contributed by atoms with Gasteiger partial charge in [0.05, 0.1) is 4.47 Å². The van der Waals surface area contributed by atoms with Crippen LogP contribution in [0.2, 0.25) is 0 Å². The Bertz CT molecular complexity index is 362. The molecule has 0 saturated carbocycles. The second-order valence-electron chi connectivity index (χ2n) is 4.06. The lowest BCUT2D eigenvalue weighted by Crippen LogP contribution is -2.22. The minimum Gasteiger partial charge on any atom is -0.385 e. The molecule has 1 heterocycles. The summed E-state index contributed by atoms with van der Waals surface area (Å²) >= 11 is 3.48. The summed E-state index contributed by atoms with van der Waals surface area (Å²) in [6.45, 7) is 4.66. The van der Waals surface area contributed by atoms with Crippen LogP contribution in [0, 0.1) is 0 Å². The summed E-state index contributed by atoms with van der Waals surface area (Å²) in [6.07, 6.45) is 3.81. The molecule has 1 N–H and O–H groups in total. The molecule has 18 heavy (non-hydrogen) atoms. The van der Waals surface area contributed by atoms with Crippen LogP contribution in [-0.2, 0) is 4.74 Å². The topological polar surface area (TPSA) is 50.3 Å². The number of anilines is 2. The first kappa shape index (κ1) is 15.2. The van der Waals surface area contributed by atoms with E-state index in [9.17, 15) is 0 Å². The third kappa shape index (κ3) is 4.78. The molecule has 102 valence electrons. The molecule has 0 saturated heterocycles. The van der Waals surface area contributed by atoms with Gasteiger partial charge in [-0.25, -0.2) is 4.98 Å². The van der Waals surface area contributed by atoms with Crippen molar-refractivity contribution in [3.05, 3.63) is 10.7 Å². The van der Waals surface area contributed by atoms with Gasteiger partial charge >= 0.3 is 0 Å². The van der Waals surface area contributed by atoms with Gasteiger partial charge in [-0.1, -0.05) is 6.92 Å². The van der Waals surface area contributed by atoms with Crippen LogP contribution in [0.4, 0.5) is 11.8 Å². The van der Waals surface area contributed by atoms with Gasteiger partial charge in [0.25, 0.3) is 0 Å². The fourth-order valence-corrected chi connectivity index (χ4v) is 1.99. The lowest BCUT2D eigenvalue weighted by molar-refractivity contribution is 0.196. The summed E-state index contributed by atoms with van der Waals surface area (Å²) in [5.74, 6) is 1.58. The molecular weight excluding hydrogens is 296 g/mol. The Hall–Kier alpha value is -0.880. The minimum atomic E-state index is 0.675. The predicted molar refractivity (Wildman–Crippen MR) is 78.3 cm³/mol.